The molecule has 2 aromatic rings. The largest absolute Gasteiger partial charge is 0.322 e. The molecule has 0 bridgehead atoms. The number of anilines is 1. The number of carbonyl (C=O) groups excluding carboxylic acids is 1. The topological polar surface area (TPSA) is 52.9 Å². The van der Waals surface area contributed by atoms with Gasteiger partial charge in [-0.05, 0) is 78.8 Å². The van der Waals surface area contributed by atoms with Gasteiger partial charge in [0.15, 0.2) is 0 Å². The van der Waals surface area contributed by atoms with Gasteiger partial charge in [-0.25, -0.2) is 0 Å². The van der Waals surface area contributed by atoms with Crippen molar-refractivity contribution < 1.29 is 4.79 Å². The van der Waals surface area contributed by atoms with Crippen LogP contribution in [-0.4, -0.2) is 5.91 Å². The molecule has 22 heavy (non-hydrogen) atoms. The third-order valence-corrected chi connectivity index (χ3v) is 4.72. The van der Waals surface area contributed by atoms with Gasteiger partial charge in [0.2, 0.25) is 0 Å². The van der Waals surface area contributed by atoms with E-state index in [4.69, 9.17) is 0 Å². The van der Waals surface area contributed by atoms with Gasteiger partial charge >= 0.3 is 0 Å². The molecular weight excluding hydrogens is 387 g/mol. The fourth-order valence-corrected chi connectivity index (χ4v) is 2.50. The van der Waals surface area contributed by atoms with Crippen LogP contribution in [0.4, 0.5) is 5.69 Å². The highest BCUT2D eigenvalue weighted by Gasteiger charge is 2.20. The van der Waals surface area contributed by atoms with Crippen molar-refractivity contribution in [2.45, 2.75) is 26.2 Å². The Balaban J connectivity index is 2.25. The maximum Gasteiger partial charge on any atom is 0.255 e. The summed E-state index contributed by atoms with van der Waals surface area (Å²) in [6, 6.07) is 15.3. The monoisotopic (exact) mass is 404 g/mol. The van der Waals surface area contributed by atoms with Crippen LogP contribution >= 0.6 is 22.6 Å². The summed E-state index contributed by atoms with van der Waals surface area (Å²) >= 11 is 2.24. The predicted octanol–water partition coefficient (Wildman–Crippen LogP) is 4.65. The van der Waals surface area contributed by atoms with Gasteiger partial charge in [-0.2, -0.15) is 5.26 Å². The maximum absolute atomic E-state index is 12.4. The van der Waals surface area contributed by atoms with Gasteiger partial charge in [0, 0.05) is 14.8 Å². The van der Waals surface area contributed by atoms with Gasteiger partial charge in [-0.1, -0.05) is 18.2 Å². The van der Waals surface area contributed by atoms with Crippen molar-refractivity contribution in [1.29, 1.82) is 5.26 Å². The minimum absolute atomic E-state index is 0.171. The predicted molar refractivity (Wildman–Crippen MR) is 96.9 cm³/mol. The van der Waals surface area contributed by atoms with E-state index in [0.29, 0.717) is 5.56 Å². The Kier molecular flexibility index (Phi) is 4.87. The van der Waals surface area contributed by atoms with Crippen LogP contribution in [0.25, 0.3) is 0 Å². The molecule has 1 N–H and O–H groups in total. The lowest BCUT2D eigenvalue weighted by atomic mass is 9.85. The number of nitrogens with zero attached hydrogens (tertiary/aromatic N) is 1. The quantitative estimate of drug-likeness (QED) is 0.758. The number of rotatable bonds is 3. The first kappa shape index (κ1) is 16.5. The summed E-state index contributed by atoms with van der Waals surface area (Å²) in [5.41, 5.74) is 2.72. The summed E-state index contributed by atoms with van der Waals surface area (Å²) in [5, 5.41) is 12.1. The van der Waals surface area contributed by atoms with Crippen LogP contribution in [-0.2, 0) is 5.41 Å². The molecule has 0 spiro atoms. The van der Waals surface area contributed by atoms with E-state index in [1.165, 1.54) is 5.56 Å². The molecular formula is C18H17IN2O. The normalized spacial score (nSPS) is 10.9. The number of hydrogen-bond acceptors (Lipinski definition) is 2. The standard InChI is InChI=1S/C18H17IN2O/c1-12-7-8-15(10-16(12)19)21-17(22)13-5-4-6-14(9-13)18(2,3)11-20/h4-10H,1-3H3,(H,21,22). The summed E-state index contributed by atoms with van der Waals surface area (Å²) in [6.07, 6.45) is 0. The van der Waals surface area contributed by atoms with Crippen LogP contribution in [0.15, 0.2) is 42.5 Å². The van der Waals surface area contributed by atoms with Gasteiger partial charge in [-0.15, -0.1) is 0 Å². The van der Waals surface area contributed by atoms with Crippen molar-refractivity contribution in [3.63, 3.8) is 0 Å². The highest BCUT2D eigenvalue weighted by molar-refractivity contribution is 14.1. The summed E-state index contributed by atoms with van der Waals surface area (Å²) in [5.74, 6) is -0.171. The van der Waals surface area contributed by atoms with Crippen molar-refractivity contribution in [3.8, 4) is 6.07 Å². The third kappa shape index (κ3) is 3.66. The van der Waals surface area contributed by atoms with E-state index < -0.39 is 5.41 Å². The van der Waals surface area contributed by atoms with Gasteiger partial charge in [-0.3, -0.25) is 4.79 Å². The van der Waals surface area contributed by atoms with Crippen molar-refractivity contribution in [3.05, 3.63) is 62.7 Å². The Morgan fingerprint density at radius 1 is 1.23 bits per heavy atom. The molecule has 3 nitrogen and oxygen atoms in total. The molecule has 2 aromatic carbocycles. The second kappa shape index (κ2) is 6.49. The number of nitriles is 1. The molecule has 0 heterocycles. The molecule has 0 radical (unpaired) electrons. The maximum atomic E-state index is 12.4. The number of halogens is 1. The molecule has 0 fully saturated rings. The van der Waals surface area contributed by atoms with Crippen LogP contribution in [0, 0.1) is 21.8 Å². The lowest BCUT2D eigenvalue weighted by molar-refractivity contribution is 0.102. The second-order valence-corrected chi connectivity index (χ2v) is 6.90. The first-order chi connectivity index (χ1) is 10.3. The van der Waals surface area contributed by atoms with Gasteiger partial charge in [0.1, 0.15) is 0 Å². The first-order valence-electron chi connectivity index (χ1n) is 6.93. The molecule has 0 aliphatic carbocycles. The average Bonchev–Trinajstić information content (AvgIpc) is 2.51. The molecule has 0 unspecified atom stereocenters. The molecule has 1 amide bonds. The molecule has 0 saturated heterocycles. The number of aryl methyl sites for hydroxylation is 1. The van der Waals surface area contributed by atoms with Crippen molar-refractivity contribution >= 4 is 34.2 Å². The van der Waals surface area contributed by atoms with E-state index in [-0.39, 0.29) is 5.91 Å². The minimum Gasteiger partial charge on any atom is -0.322 e. The van der Waals surface area contributed by atoms with Crippen LogP contribution in [0.3, 0.4) is 0 Å². The SMILES string of the molecule is Cc1ccc(NC(=O)c2cccc(C(C)(C)C#N)c2)cc1I. The number of amides is 1. The van der Waals surface area contributed by atoms with Crippen LogP contribution in [0.1, 0.15) is 35.3 Å². The summed E-state index contributed by atoms with van der Waals surface area (Å²) in [4.78, 5) is 12.4. The fourth-order valence-electron chi connectivity index (χ4n) is 1.99. The summed E-state index contributed by atoms with van der Waals surface area (Å²) in [7, 11) is 0. The van der Waals surface area contributed by atoms with Crippen LogP contribution < -0.4 is 5.32 Å². The number of benzene rings is 2. The smallest absolute Gasteiger partial charge is 0.255 e. The zero-order valence-corrected chi connectivity index (χ0v) is 14.9. The number of carbonyl (C=O) groups is 1. The molecule has 0 aliphatic heterocycles. The molecule has 0 aromatic heterocycles. The zero-order chi connectivity index (χ0) is 16.3. The average molecular weight is 404 g/mol. The van der Waals surface area contributed by atoms with Crippen molar-refractivity contribution in [2.75, 3.05) is 5.32 Å². The number of nitrogens with one attached hydrogen (secondary N) is 1. The molecule has 0 atom stereocenters. The summed E-state index contributed by atoms with van der Waals surface area (Å²) < 4.78 is 1.11. The second-order valence-electron chi connectivity index (χ2n) is 5.74. The Bertz CT molecular complexity index is 760. The lowest BCUT2D eigenvalue weighted by Crippen LogP contribution is -2.17. The minimum atomic E-state index is -0.616. The third-order valence-electron chi connectivity index (χ3n) is 3.56. The van der Waals surface area contributed by atoms with E-state index >= 15 is 0 Å². The van der Waals surface area contributed by atoms with Crippen molar-refractivity contribution in [1.82, 2.24) is 0 Å². The lowest BCUT2D eigenvalue weighted by Gasteiger charge is -2.16. The Labute approximate surface area is 144 Å². The van der Waals surface area contributed by atoms with Gasteiger partial charge in [0.05, 0.1) is 11.5 Å². The molecule has 112 valence electrons. The van der Waals surface area contributed by atoms with E-state index in [2.05, 4.69) is 34.0 Å². The van der Waals surface area contributed by atoms with Gasteiger partial charge in [0.25, 0.3) is 5.91 Å². The zero-order valence-electron chi connectivity index (χ0n) is 12.8. The molecule has 0 aliphatic rings. The van der Waals surface area contributed by atoms with Gasteiger partial charge < -0.3 is 5.32 Å². The molecule has 2 rings (SSSR count). The first-order valence-corrected chi connectivity index (χ1v) is 8.00. The van der Waals surface area contributed by atoms with Crippen LogP contribution in [0.2, 0.25) is 0 Å². The Hall–Kier alpha value is -1.87. The highest BCUT2D eigenvalue weighted by atomic mass is 127. The fraction of sp³-hybridized carbons (Fsp3) is 0.222. The Morgan fingerprint density at radius 3 is 2.59 bits per heavy atom. The van der Waals surface area contributed by atoms with Crippen LogP contribution in [0.5, 0.6) is 0 Å². The van der Waals surface area contributed by atoms with E-state index in [0.717, 1.165) is 14.8 Å². The van der Waals surface area contributed by atoms with E-state index in [1.807, 2.05) is 51.1 Å². The summed E-state index contributed by atoms with van der Waals surface area (Å²) in [6.45, 7) is 5.71. The molecule has 0 saturated carbocycles. The van der Waals surface area contributed by atoms with Crippen molar-refractivity contribution in [2.24, 2.45) is 0 Å². The van der Waals surface area contributed by atoms with E-state index in [9.17, 15) is 10.1 Å². The number of hydrogen-bond donors (Lipinski definition) is 1. The highest BCUT2D eigenvalue weighted by Crippen LogP contribution is 2.23. The Morgan fingerprint density at radius 2 is 1.95 bits per heavy atom. The molecule has 4 heteroatoms. The van der Waals surface area contributed by atoms with E-state index in [1.54, 1.807) is 12.1 Å².